The van der Waals surface area contributed by atoms with Gasteiger partial charge in [0.2, 0.25) is 0 Å². The molecule has 104 valence electrons. The highest BCUT2D eigenvalue weighted by molar-refractivity contribution is 5.77. The molecule has 4 nitrogen and oxygen atoms in total. The van der Waals surface area contributed by atoms with Crippen molar-refractivity contribution in [1.82, 2.24) is 9.55 Å². The predicted molar refractivity (Wildman–Crippen MR) is 78.1 cm³/mol. The van der Waals surface area contributed by atoms with E-state index in [0.717, 1.165) is 23.3 Å². The molecule has 0 aliphatic carbocycles. The Kier molecular flexibility index (Phi) is 4.22. The Bertz CT molecular complexity index is 560. The van der Waals surface area contributed by atoms with Crippen molar-refractivity contribution in [3.8, 4) is 0 Å². The van der Waals surface area contributed by atoms with Gasteiger partial charge in [0.1, 0.15) is 5.82 Å². The van der Waals surface area contributed by atoms with Gasteiger partial charge in [-0.15, -0.1) is 0 Å². The van der Waals surface area contributed by atoms with Crippen molar-refractivity contribution >= 4 is 11.0 Å². The van der Waals surface area contributed by atoms with E-state index in [0.29, 0.717) is 12.5 Å². The lowest BCUT2D eigenvalue weighted by Crippen LogP contribution is -2.17. The van der Waals surface area contributed by atoms with E-state index >= 15 is 0 Å². The molecule has 2 aromatic rings. The number of hydrogen-bond acceptors (Lipinski definition) is 3. The molecule has 0 saturated carbocycles. The molecule has 0 saturated heterocycles. The Labute approximate surface area is 114 Å². The summed E-state index contributed by atoms with van der Waals surface area (Å²) < 4.78 is 2.04. The summed E-state index contributed by atoms with van der Waals surface area (Å²) in [7, 11) is 0. The minimum Gasteiger partial charge on any atom is -0.395 e. The Morgan fingerprint density at radius 3 is 2.68 bits per heavy atom. The van der Waals surface area contributed by atoms with Gasteiger partial charge >= 0.3 is 0 Å². The first kappa shape index (κ1) is 14.0. The molecule has 4 heteroatoms. The zero-order valence-electron chi connectivity index (χ0n) is 11.9. The van der Waals surface area contributed by atoms with Gasteiger partial charge in [0.05, 0.1) is 23.7 Å². The topological polar surface area (TPSA) is 64.1 Å². The van der Waals surface area contributed by atoms with Crippen molar-refractivity contribution in [3.63, 3.8) is 0 Å². The molecule has 1 aromatic carbocycles. The molecule has 19 heavy (non-hydrogen) atoms. The van der Waals surface area contributed by atoms with Gasteiger partial charge in [0, 0.05) is 6.54 Å². The van der Waals surface area contributed by atoms with Crippen LogP contribution in [-0.4, -0.2) is 21.3 Å². The molecule has 0 amide bonds. The van der Waals surface area contributed by atoms with E-state index in [1.54, 1.807) is 0 Å². The molecule has 1 atom stereocenters. The van der Waals surface area contributed by atoms with Crippen LogP contribution in [0.1, 0.15) is 50.5 Å². The molecule has 0 radical (unpaired) electrons. The van der Waals surface area contributed by atoms with Crippen molar-refractivity contribution < 1.29 is 5.11 Å². The summed E-state index contributed by atoms with van der Waals surface area (Å²) in [6, 6.07) is 6.25. The second-order valence-electron chi connectivity index (χ2n) is 5.26. The first-order valence-electron chi connectivity index (χ1n) is 6.95. The quantitative estimate of drug-likeness (QED) is 0.869. The summed E-state index contributed by atoms with van der Waals surface area (Å²) in [4.78, 5) is 4.67. The summed E-state index contributed by atoms with van der Waals surface area (Å²) in [6.07, 6.45) is 0.839. The number of fused-ring (bicyclic) bond motifs is 1. The number of aromatic nitrogens is 2. The molecule has 1 heterocycles. The van der Waals surface area contributed by atoms with E-state index in [1.165, 1.54) is 5.56 Å². The molecule has 1 aromatic heterocycles. The summed E-state index contributed by atoms with van der Waals surface area (Å²) in [6.45, 7) is 7.03. The van der Waals surface area contributed by atoms with Gasteiger partial charge in [-0.2, -0.15) is 0 Å². The Balaban J connectivity index is 2.58. The van der Waals surface area contributed by atoms with Crippen molar-refractivity contribution in [1.29, 1.82) is 0 Å². The van der Waals surface area contributed by atoms with Crippen LogP contribution in [0.4, 0.5) is 0 Å². The average molecular weight is 261 g/mol. The van der Waals surface area contributed by atoms with Crippen LogP contribution >= 0.6 is 0 Å². The van der Waals surface area contributed by atoms with E-state index in [4.69, 9.17) is 5.73 Å². The minimum absolute atomic E-state index is 0.0820. The first-order chi connectivity index (χ1) is 9.08. The van der Waals surface area contributed by atoms with Crippen LogP contribution in [0.25, 0.3) is 11.0 Å². The van der Waals surface area contributed by atoms with Gasteiger partial charge in [-0.1, -0.05) is 26.8 Å². The highest BCUT2D eigenvalue weighted by Gasteiger charge is 2.16. The Hall–Kier alpha value is -1.39. The fourth-order valence-electron chi connectivity index (χ4n) is 2.33. The average Bonchev–Trinajstić information content (AvgIpc) is 2.76. The SMILES string of the molecule is CCC(N)c1nc2cc(C(C)C)ccc2n1CCO. The van der Waals surface area contributed by atoms with E-state index in [2.05, 4.69) is 37.0 Å². The Morgan fingerprint density at radius 2 is 2.11 bits per heavy atom. The number of aliphatic hydroxyl groups is 1. The van der Waals surface area contributed by atoms with Gasteiger partial charge in [-0.05, 0) is 30.0 Å². The second kappa shape index (κ2) is 5.72. The normalized spacial score (nSPS) is 13.4. The molecule has 1 unspecified atom stereocenters. The van der Waals surface area contributed by atoms with Crippen LogP contribution in [-0.2, 0) is 6.54 Å². The lowest BCUT2D eigenvalue weighted by Gasteiger charge is -2.12. The van der Waals surface area contributed by atoms with Crippen molar-refractivity contribution in [2.45, 2.75) is 45.7 Å². The number of nitrogens with two attached hydrogens (primary N) is 1. The lowest BCUT2D eigenvalue weighted by molar-refractivity contribution is 0.275. The second-order valence-corrected chi connectivity index (χ2v) is 5.26. The molecule has 0 fully saturated rings. The molecular weight excluding hydrogens is 238 g/mol. The number of hydrogen-bond donors (Lipinski definition) is 2. The van der Waals surface area contributed by atoms with Crippen LogP contribution in [0.2, 0.25) is 0 Å². The zero-order chi connectivity index (χ0) is 14.0. The summed E-state index contributed by atoms with van der Waals surface area (Å²) in [5.41, 5.74) is 9.42. The summed E-state index contributed by atoms with van der Waals surface area (Å²) >= 11 is 0. The monoisotopic (exact) mass is 261 g/mol. The number of rotatable bonds is 5. The fourth-order valence-corrected chi connectivity index (χ4v) is 2.33. The van der Waals surface area contributed by atoms with Crippen LogP contribution in [0.3, 0.4) is 0 Å². The maximum absolute atomic E-state index is 9.23. The molecule has 0 aliphatic heterocycles. The minimum atomic E-state index is -0.0820. The molecule has 0 bridgehead atoms. The van der Waals surface area contributed by atoms with Gasteiger partial charge in [0.15, 0.2) is 0 Å². The number of aliphatic hydroxyl groups excluding tert-OH is 1. The highest BCUT2D eigenvalue weighted by atomic mass is 16.3. The third-order valence-electron chi connectivity index (χ3n) is 3.56. The van der Waals surface area contributed by atoms with Crippen molar-refractivity contribution in [2.75, 3.05) is 6.61 Å². The predicted octanol–water partition coefficient (Wildman–Crippen LogP) is 2.56. The summed E-state index contributed by atoms with van der Waals surface area (Å²) in [5.74, 6) is 1.35. The maximum Gasteiger partial charge on any atom is 0.126 e. The van der Waals surface area contributed by atoms with Crippen molar-refractivity contribution in [2.24, 2.45) is 5.73 Å². The van der Waals surface area contributed by atoms with E-state index in [1.807, 2.05) is 11.5 Å². The third kappa shape index (κ3) is 2.65. The number of benzene rings is 1. The smallest absolute Gasteiger partial charge is 0.126 e. The molecule has 0 spiro atoms. The van der Waals surface area contributed by atoms with E-state index in [9.17, 15) is 5.11 Å². The summed E-state index contributed by atoms with van der Waals surface area (Å²) in [5, 5.41) is 9.23. The van der Waals surface area contributed by atoms with E-state index in [-0.39, 0.29) is 12.6 Å². The van der Waals surface area contributed by atoms with E-state index < -0.39 is 0 Å². The molecule has 2 rings (SSSR count). The Morgan fingerprint density at radius 1 is 1.37 bits per heavy atom. The lowest BCUT2D eigenvalue weighted by atomic mass is 10.0. The highest BCUT2D eigenvalue weighted by Crippen LogP contribution is 2.25. The van der Waals surface area contributed by atoms with Gasteiger partial charge < -0.3 is 15.4 Å². The fraction of sp³-hybridized carbons (Fsp3) is 0.533. The van der Waals surface area contributed by atoms with Crippen LogP contribution in [0.5, 0.6) is 0 Å². The van der Waals surface area contributed by atoms with Crippen LogP contribution in [0.15, 0.2) is 18.2 Å². The van der Waals surface area contributed by atoms with Crippen LogP contribution in [0, 0.1) is 0 Å². The third-order valence-corrected chi connectivity index (χ3v) is 3.56. The standard InChI is InChI=1S/C15H23N3O/c1-4-12(16)15-17-13-9-11(10(2)3)5-6-14(13)18(15)7-8-19/h5-6,9-10,12,19H,4,7-8,16H2,1-3H3. The number of imidazole rings is 1. The largest absolute Gasteiger partial charge is 0.395 e. The van der Waals surface area contributed by atoms with Crippen molar-refractivity contribution in [3.05, 3.63) is 29.6 Å². The molecular formula is C15H23N3O. The first-order valence-corrected chi connectivity index (χ1v) is 6.95. The molecule has 3 N–H and O–H groups in total. The van der Waals surface area contributed by atoms with Crippen LogP contribution < -0.4 is 5.73 Å². The maximum atomic E-state index is 9.23. The zero-order valence-corrected chi connectivity index (χ0v) is 11.9. The molecule has 0 aliphatic rings. The van der Waals surface area contributed by atoms with Gasteiger partial charge in [0.25, 0.3) is 0 Å². The van der Waals surface area contributed by atoms with Gasteiger partial charge in [-0.3, -0.25) is 0 Å². The number of nitrogens with zero attached hydrogens (tertiary/aromatic N) is 2. The van der Waals surface area contributed by atoms with Gasteiger partial charge in [-0.25, -0.2) is 4.98 Å².